The van der Waals surface area contributed by atoms with Gasteiger partial charge in [0.25, 0.3) is 0 Å². The number of ether oxygens (including phenoxy) is 2. The fourth-order valence-corrected chi connectivity index (χ4v) is 3.10. The van der Waals surface area contributed by atoms with Gasteiger partial charge in [-0.15, -0.1) is 0 Å². The fraction of sp³-hybridized carbons (Fsp3) is 0.273. The lowest BCUT2D eigenvalue weighted by molar-refractivity contribution is -0.386. The van der Waals surface area contributed by atoms with E-state index in [0.717, 1.165) is 24.6 Å². The number of hydrazone groups is 1. The minimum absolute atomic E-state index is 0.311. The van der Waals surface area contributed by atoms with Crippen molar-refractivity contribution in [1.82, 2.24) is 9.97 Å². The molecule has 1 fully saturated rings. The summed E-state index contributed by atoms with van der Waals surface area (Å²) >= 11 is 0. The Kier molecular flexibility index (Phi) is 6.96. The first-order chi connectivity index (χ1) is 15.3. The summed E-state index contributed by atoms with van der Waals surface area (Å²) in [4.78, 5) is 14.2. The van der Waals surface area contributed by atoms with Crippen molar-refractivity contribution in [1.29, 1.82) is 0 Å². The molecule has 1 aliphatic heterocycles. The van der Waals surface area contributed by atoms with Gasteiger partial charge in [0.15, 0.2) is 0 Å². The second kappa shape index (κ2) is 10.4. The van der Waals surface area contributed by atoms with Crippen molar-refractivity contribution in [2.45, 2.75) is 6.42 Å². The maximum atomic E-state index is 13.3. The quantitative estimate of drug-likeness (QED) is 0.442. The predicted octanol–water partition coefficient (Wildman–Crippen LogP) is 2.33. The Balaban J connectivity index is 1.46. The standard InChI is InChI=1S/C22H23FN6O2/c23-18-5-3-4-17(14-18)16-25-28-20-15-21(29-9-12-30-13-10-29)27-22(26-20)31-11-7-19-6-1-2-8-24-19/h1-6,8,14-16H,7,9-13H2,(H,26,27,28)/p+1. The second-order valence-corrected chi connectivity index (χ2v) is 6.90. The zero-order chi connectivity index (χ0) is 21.3. The molecule has 160 valence electrons. The molecule has 9 heteroatoms. The number of nitrogens with zero attached hydrogens (tertiary/aromatic N) is 4. The van der Waals surface area contributed by atoms with E-state index in [0.29, 0.717) is 43.6 Å². The molecule has 1 aromatic carbocycles. The lowest BCUT2D eigenvalue weighted by Crippen LogP contribution is -2.39. The average molecular weight is 423 g/mol. The Morgan fingerprint density at radius 1 is 1.19 bits per heavy atom. The van der Waals surface area contributed by atoms with E-state index >= 15 is 0 Å². The highest BCUT2D eigenvalue weighted by atomic mass is 19.1. The topological polar surface area (TPSA) is 86.0 Å². The summed E-state index contributed by atoms with van der Waals surface area (Å²) in [6.45, 7) is 3.28. The lowest BCUT2D eigenvalue weighted by atomic mass is 10.2. The van der Waals surface area contributed by atoms with Crippen LogP contribution in [0.5, 0.6) is 6.01 Å². The van der Waals surface area contributed by atoms with Crippen LogP contribution in [-0.4, -0.2) is 49.1 Å². The van der Waals surface area contributed by atoms with Crippen molar-refractivity contribution in [3.05, 3.63) is 71.8 Å². The van der Waals surface area contributed by atoms with Crippen LogP contribution in [0, 0.1) is 5.82 Å². The van der Waals surface area contributed by atoms with Crippen LogP contribution in [-0.2, 0) is 11.2 Å². The van der Waals surface area contributed by atoms with Gasteiger partial charge in [0.1, 0.15) is 5.82 Å². The summed E-state index contributed by atoms with van der Waals surface area (Å²) in [5, 5.41) is 4.18. The van der Waals surface area contributed by atoms with Crippen LogP contribution >= 0.6 is 0 Å². The van der Waals surface area contributed by atoms with E-state index in [2.05, 4.69) is 30.4 Å². The zero-order valence-electron chi connectivity index (χ0n) is 17.0. The summed E-state index contributed by atoms with van der Waals surface area (Å²) in [5.41, 5.74) is 4.50. The van der Waals surface area contributed by atoms with Gasteiger partial charge in [-0.25, -0.2) is 14.8 Å². The van der Waals surface area contributed by atoms with Crippen LogP contribution in [0.1, 0.15) is 11.3 Å². The molecule has 3 aromatic rings. The van der Waals surface area contributed by atoms with Crippen LogP contribution in [0.3, 0.4) is 0 Å². The number of H-pyrrole nitrogens is 1. The smallest absolute Gasteiger partial charge is 0.433 e. The SMILES string of the molecule is Fc1cccc(C=NNc2cc(N3CCOCC3)[nH+]c(OCCc3ccccn3)n2)c1. The first-order valence-corrected chi connectivity index (χ1v) is 10.1. The van der Waals surface area contributed by atoms with E-state index < -0.39 is 0 Å². The summed E-state index contributed by atoms with van der Waals surface area (Å²) < 4.78 is 24.6. The molecule has 1 saturated heterocycles. The summed E-state index contributed by atoms with van der Waals surface area (Å²) in [6.07, 6.45) is 3.97. The van der Waals surface area contributed by atoms with Crippen LogP contribution < -0.4 is 20.0 Å². The number of halogens is 1. The lowest BCUT2D eigenvalue weighted by Gasteiger charge is -2.23. The van der Waals surface area contributed by atoms with E-state index in [-0.39, 0.29) is 5.82 Å². The Bertz CT molecular complexity index is 1010. The monoisotopic (exact) mass is 423 g/mol. The van der Waals surface area contributed by atoms with Gasteiger partial charge >= 0.3 is 6.01 Å². The number of rotatable bonds is 8. The molecule has 0 spiro atoms. The highest BCUT2D eigenvalue weighted by Crippen LogP contribution is 2.17. The number of hydrogen-bond donors (Lipinski definition) is 1. The maximum Gasteiger partial charge on any atom is 0.433 e. The maximum absolute atomic E-state index is 13.3. The van der Waals surface area contributed by atoms with Crippen molar-refractivity contribution in [3.63, 3.8) is 0 Å². The molecule has 0 radical (unpaired) electrons. The van der Waals surface area contributed by atoms with Gasteiger partial charge in [-0.3, -0.25) is 9.88 Å². The summed E-state index contributed by atoms with van der Waals surface area (Å²) in [5.74, 6) is 1.06. The van der Waals surface area contributed by atoms with Gasteiger partial charge in [-0.2, -0.15) is 5.10 Å². The van der Waals surface area contributed by atoms with E-state index in [9.17, 15) is 4.39 Å². The Morgan fingerprint density at radius 3 is 2.90 bits per heavy atom. The summed E-state index contributed by atoms with van der Waals surface area (Å²) in [6, 6.07) is 14.2. The van der Waals surface area contributed by atoms with Gasteiger partial charge in [0.2, 0.25) is 11.6 Å². The molecule has 0 bridgehead atoms. The van der Waals surface area contributed by atoms with Gasteiger partial charge in [-0.05, 0) is 34.8 Å². The third kappa shape index (κ3) is 6.19. The number of pyridine rings is 1. The third-order valence-corrected chi connectivity index (χ3v) is 4.65. The summed E-state index contributed by atoms with van der Waals surface area (Å²) in [7, 11) is 0. The molecule has 0 amide bonds. The Morgan fingerprint density at radius 2 is 2.10 bits per heavy atom. The van der Waals surface area contributed by atoms with E-state index in [1.807, 2.05) is 24.3 Å². The molecule has 0 atom stereocenters. The number of benzene rings is 1. The zero-order valence-corrected chi connectivity index (χ0v) is 17.0. The van der Waals surface area contributed by atoms with Crippen molar-refractivity contribution in [2.24, 2.45) is 5.10 Å². The van der Waals surface area contributed by atoms with E-state index in [1.165, 1.54) is 18.3 Å². The Hall–Kier alpha value is -3.59. The largest absolute Gasteiger partial charge is 0.440 e. The molecular weight excluding hydrogens is 399 g/mol. The average Bonchev–Trinajstić information content (AvgIpc) is 2.80. The van der Waals surface area contributed by atoms with Crippen molar-refractivity contribution < 1.29 is 18.8 Å². The minimum Gasteiger partial charge on any atom is -0.440 e. The number of hydrogen-bond acceptors (Lipinski definition) is 7. The number of nitrogens with one attached hydrogen (secondary N) is 2. The molecule has 0 saturated carbocycles. The van der Waals surface area contributed by atoms with Crippen molar-refractivity contribution in [2.75, 3.05) is 43.2 Å². The molecule has 1 aliphatic rings. The van der Waals surface area contributed by atoms with Crippen LogP contribution in [0.15, 0.2) is 59.8 Å². The normalized spacial score (nSPS) is 14.0. The highest BCUT2D eigenvalue weighted by Gasteiger charge is 2.21. The molecule has 4 rings (SSSR count). The first kappa shape index (κ1) is 20.7. The molecule has 8 nitrogen and oxygen atoms in total. The van der Waals surface area contributed by atoms with E-state index in [4.69, 9.17) is 9.47 Å². The van der Waals surface area contributed by atoms with Gasteiger partial charge in [-0.1, -0.05) is 18.2 Å². The number of aromatic nitrogens is 3. The van der Waals surface area contributed by atoms with Crippen LogP contribution in [0.2, 0.25) is 0 Å². The molecule has 3 heterocycles. The molecular formula is C22H24FN6O2+. The van der Waals surface area contributed by atoms with Crippen LogP contribution in [0.25, 0.3) is 0 Å². The molecule has 0 aliphatic carbocycles. The van der Waals surface area contributed by atoms with Gasteiger partial charge in [0, 0.05) is 18.3 Å². The number of aromatic amines is 1. The number of anilines is 2. The van der Waals surface area contributed by atoms with Crippen LogP contribution in [0.4, 0.5) is 16.0 Å². The van der Waals surface area contributed by atoms with E-state index in [1.54, 1.807) is 18.3 Å². The van der Waals surface area contributed by atoms with Gasteiger partial charge < -0.3 is 9.47 Å². The van der Waals surface area contributed by atoms with Gasteiger partial charge in [0.05, 0.1) is 45.2 Å². The first-order valence-electron chi connectivity index (χ1n) is 10.1. The second-order valence-electron chi connectivity index (χ2n) is 6.90. The number of morpholine rings is 1. The van der Waals surface area contributed by atoms with Crippen molar-refractivity contribution in [3.8, 4) is 6.01 Å². The highest BCUT2D eigenvalue weighted by molar-refractivity contribution is 5.80. The Labute approximate surface area is 179 Å². The third-order valence-electron chi connectivity index (χ3n) is 4.65. The minimum atomic E-state index is -0.311. The molecule has 2 aromatic heterocycles. The molecule has 0 unspecified atom stereocenters. The fourth-order valence-electron chi connectivity index (χ4n) is 3.10. The molecule has 31 heavy (non-hydrogen) atoms. The molecule has 2 N–H and O–H groups in total. The predicted molar refractivity (Wildman–Crippen MR) is 115 cm³/mol. The van der Waals surface area contributed by atoms with Crippen molar-refractivity contribution >= 4 is 17.9 Å².